The first kappa shape index (κ1) is 13.6. The number of aromatic nitrogens is 2. The molecule has 4 rings (SSSR count). The summed E-state index contributed by atoms with van der Waals surface area (Å²) in [7, 11) is 0. The molecule has 0 unspecified atom stereocenters. The number of fused-ring (bicyclic) bond motifs is 1. The van der Waals surface area contributed by atoms with Crippen LogP contribution in [-0.4, -0.2) is 16.3 Å². The summed E-state index contributed by atoms with van der Waals surface area (Å²) in [6, 6.07) is 18.0. The maximum atomic E-state index is 8.95. The van der Waals surface area contributed by atoms with Crippen LogP contribution in [0.15, 0.2) is 48.5 Å². The molecule has 1 aliphatic rings. The molecule has 4 heteroatoms. The summed E-state index contributed by atoms with van der Waals surface area (Å²) in [5, 5.41) is 17.3. The van der Waals surface area contributed by atoms with Gasteiger partial charge in [0.2, 0.25) is 0 Å². The van der Waals surface area contributed by atoms with E-state index in [4.69, 9.17) is 10.4 Å². The zero-order valence-corrected chi connectivity index (χ0v) is 12.9. The molecule has 0 saturated heterocycles. The standard InChI is InChI=1S/C19H16N4/c1-13-4-2-3-5-16(13)18-17-10-11-21-19(17)23(22-18)15-8-6-14(12-20)7-9-15/h2-9,21H,10-11H2,1H3. The summed E-state index contributed by atoms with van der Waals surface area (Å²) >= 11 is 0. The van der Waals surface area contributed by atoms with E-state index in [0.29, 0.717) is 5.56 Å². The molecule has 0 bridgehead atoms. The van der Waals surface area contributed by atoms with Gasteiger partial charge in [0.05, 0.1) is 23.0 Å². The third-order valence-electron chi connectivity index (χ3n) is 4.29. The van der Waals surface area contributed by atoms with Crippen LogP contribution in [0.1, 0.15) is 16.7 Å². The molecule has 3 aromatic rings. The molecule has 0 radical (unpaired) electrons. The Morgan fingerprint density at radius 1 is 1.13 bits per heavy atom. The third kappa shape index (κ3) is 2.18. The summed E-state index contributed by atoms with van der Waals surface area (Å²) in [6.07, 6.45) is 0.981. The van der Waals surface area contributed by atoms with Crippen molar-refractivity contribution < 1.29 is 0 Å². The van der Waals surface area contributed by atoms with Crippen LogP contribution in [0.3, 0.4) is 0 Å². The van der Waals surface area contributed by atoms with E-state index in [2.05, 4.69) is 42.6 Å². The highest BCUT2D eigenvalue weighted by Crippen LogP contribution is 2.35. The van der Waals surface area contributed by atoms with Crippen LogP contribution in [-0.2, 0) is 6.42 Å². The van der Waals surface area contributed by atoms with E-state index in [-0.39, 0.29) is 0 Å². The van der Waals surface area contributed by atoms with Gasteiger partial charge in [0.15, 0.2) is 0 Å². The molecule has 4 nitrogen and oxygen atoms in total. The Morgan fingerprint density at radius 2 is 1.91 bits per heavy atom. The van der Waals surface area contributed by atoms with Crippen molar-refractivity contribution in [3.8, 4) is 23.0 Å². The van der Waals surface area contributed by atoms with Crippen molar-refractivity contribution in [3.05, 3.63) is 65.2 Å². The quantitative estimate of drug-likeness (QED) is 0.785. The number of aryl methyl sites for hydroxylation is 1. The summed E-state index contributed by atoms with van der Waals surface area (Å²) in [5.74, 6) is 1.06. The van der Waals surface area contributed by atoms with Gasteiger partial charge < -0.3 is 5.32 Å². The number of rotatable bonds is 2. The summed E-state index contributed by atoms with van der Waals surface area (Å²) < 4.78 is 1.95. The number of hydrogen-bond donors (Lipinski definition) is 1. The molecule has 1 N–H and O–H groups in total. The molecule has 1 aliphatic heterocycles. The lowest BCUT2D eigenvalue weighted by Gasteiger charge is -2.06. The van der Waals surface area contributed by atoms with Crippen LogP contribution >= 0.6 is 0 Å². The molecular formula is C19H16N4. The average Bonchev–Trinajstić information content (AvgIpc) is 3.18. The highest BCUT2D eigenvalue weighted by molar-refractivity contribution is 5.74. The van der Waals surface area contributed by atoms with Crippen LogP contribution < -0.4 is 5.32 Å². The fourth-order valence-electron chi connectivity index (χ4n) is 3.09. The molecule has 0 aliphatic carbocycles. The highest BCUT2D eigenvalue weighted by atomic mass is 15.3. The molecule has 23 heavy (non-hydrogen) atoms. The molecule has 0 atom stereocenters. The number of hydrogen-bond acceptors (Lipinski definition) is 3. The minimum atomic E-state index is 0.657. The fourth-order valence-corrected chi connectivity index (χ4v) is 3.09. The molecule has 2 heterocycles. The van der Waals surface area contributed by atoms with E-state index in [1.807, 2.05) is 28.9 Å². The van der Waals surface area contributed by atoms with Crippen molar-refractivity contribution in [2.75, 3.05) is 11.9 Å². The van der Waals surface area contributed by atoms with Crippen LogP contribution in [0.25, 0.3) is 16.9 Å². The number of nitriles is 1. The minimum Gasteiger partial charge on any atom is -0.369 e. The van der Waals surface area contributed by atoms with Gasteiger partial charge in [0, 0.05) is 17.7 Å². The van der Waals surface area contributed by atoms with Gasteiger partial charge >= 0.3 is 0 Å². The second-order valence-electron chi connectivity index (χ2n) is 5.74. The lowest BCUT2D eigenvalue weighted by atomic mass is 10.0. The number of benzene rings is 2. The second kappa shape index (κ2) is 5.29. The number of nitrogens with one attached hydrogen (secondary N) is 1. The highest BCUT2D eigenvalue weighted by Gasteiger charge is 2.24. The molecule has 0 spiro atoms. The normalized spacial score (nSPS) is 12.5. The van der Waals surface area contributed by atoms with Crippen molar-refractivity contribution in [1.29, 1.82) is 5.26 Å². The Kier molecular flexibility index (Phi) is 3.13. The van der Waals surface area contributed by atoms with E-state index in [1.165, 1.54) is 16.7 Å². The van der Waals surface area contributed by atoms with E-state index in [0.717, 1.165) is 30.2 Å². The summed E-state index contributed by atoms with van der Waals surface area (Å²) in [4.78, 5) is 0. The lowest BCUT2D eigenvalue weighted by Crippen LogP contribution is -2.04. The van der Waals surface area contributed by atoms with Gasteiger partial charge in [-0.1, -0.05) is 24.3 Å². The molecule has 2 aromatic carbocycles. The first-order valence-electron chi connectivity index (χ1n) is 7.70. The molecule has 0 saturated carbocycles. The van der Waals surface area contributed by atoms with Crippen LogP contribution in [0, 0.1) is 18.3 Å². The van der Waals surface area contributed by atoms with Crippen LogP contribution in [0.4, 0.5) is 5.82 Å². The Hall–Kier alpha value is -3.06. The SMILES string of the molecule is Cc1ccccc1-c1nn(-c2ccc(C#N)cc2)c2c1CCN2. The van der Waals surface area contributed by atoms with Crippen molar-refractivity contribution in [3.63, 3.8) is 0 Å². The molecule has 112 valence electrons. The predicted molar refractivity (Wildman–Crippen MR) is 90.6 cm³/mol. The van der Waals surface area contributed by atoms with E-state index >= 15 is 0 Å². The van der Waals surface area contributed by atoms with Gasteiger partial charge in [0.1, 0.15) is 5.82 Å². The van der Waals surface area contributed by atoms with Gasteiger partial charge in [-0.2, -0.15) is 10.4 Å². The molecule has 0 fully saturated rings. The predicted octanol–water partition coefficient (Wildman–Crippen LogP) is 3.69. The van der Waals surface area contributed by atoms with E-state index in [1.54, 1.807) is 0 Å². The minimum absolute atomic E-state index is 0.657. The molecule has 0 amide bonds. The van der Waals surface area contributed by atoms with Gasteiger partial charge in [0.25, 0.3) is 0 Å². The Morgan fingerprint density at radius 3 is 2.65 bits per heavy atom. The monoisotopic (exact) mass is 300 g/mol. The Balaban J connectivity index is 1.88. The van der Waals surface area contributed by atoms with Crippen molar-refractivity contribution >= 4 is 5.82 Å². The zero-order valence-electron chi connectivity index (χ0n) is 12.9. The number of anilines is 1. The average molecular weight is 300 g/mol. The van der Waals surface area contributed by atoms with Gasteiger partial charge in [-0.3, -0.25) is 0 Å². The zero-order chi connectivity index (χ0) is 15.8. The summed E-state index contributed by atoms with van der Waals surface area (Å²) in [5.41, 5.74) is 6.35. The topological polar surface area (TPSA) is 53.6 Å². The molecular weight excluding hydrogens is 284 g/mol. The summed E-state index contributed by atoms with van der Waals surface area (Å²) in [6.45, 7) is 3.05. The maximum absolute atomic E-state index is 8.95. The fraction of sp³-hybridized carbons (Fsp3) is 0.158. The van der Waals surface area contributed by atoms with E-state index in [9.17, 15) is 0 Å². The van der Waals surface area contributed by atoms with Crippen LogP contribution in [0.5, 0.6) is 0 Å². The molecule has 1 aromatic heterocycles. The van der Waals surface area contributed by atoms with Gasteiger partial charge in [-0.15, -0.1) is 0 Å². The maximum Gasteiger partial charge on any atom is 0.133 e. The van der Waals surface area contributed by atoms with Gasteiger partial charge in [-0.05, 0) is 43.2 Å². The smallest absolute Gasteiger partial charge is 0.133 e. The third-order valence-corrected chi connectivity index (χ3v) is 4.29. The van der Waals surface area contributed by atoms with Crippen molar-refractivity contribution in [1.82, 2.24) is 9.78 Å². The Bertz CT molecular complexity index is 914. The first-order valence-corrected chi connectivity index (χ1v) is 7.70. The number of nitrogens with zero attached hydrogens (tertiary/aromatic N) is 3. The van der Waals surface area contributed by atoms with Gasteiger partial charge in [-0.25, -0.2) is 4.68 Å². The van der Waals surface area contributed by atoms with Crippen molar-refractivity contribution in [2.24, 2.45) is 0 Å². The lowest BCUT2D eigenvalue weighted by molar-refractivity contribution is 0.882. The first-order chi connectivity index (χ1) is 11.3. The largest absolute Gasteiger partial charge is 0.369 e. The van der Waals surface area contributed by atoms with E-state index < -0.39 is 0 Å². The van der Waals surface area contributed by atoms with Crippen LogP contribution in [0.2, 0.25) is 0 Å². The van der Waals surface area contributed by atoms with Crippen molar-refractivity contribution in [2.45, 2.75) is 13.3 Å². The Labute approximate surface area is 135 Å². The second-order valence-corrected chi connectivity index (χ2v) is 5.74.